The molecule has 56 valence electrons. The van der Waals surface area contributed by atoms with Crippen molar-refractivity contribution in [2.24, 2.45) is 0 Å². The van der Waals surface area contributed by atoms with Crippen LogP contribution in [0.3, 0.4) is 0 Å². The van der Waals surface area contributed by atoms with Gasteiger partial charge in [0, 0.05) is 6.07 Å². The zero-order chi connectivity index (χ0) is 8.10. The van der Waals surface area contributed by atoms with Gasteiger partial charge in [-0.15, -0.1) is 12.1 Å². The predicted octanol–water partition coefficient (Wildman–Crippen LogP) is -1.22. The van der Waals surface area contributed by atoms with Gasteiger partial charge in [0.15, 0.2) is 0 Å². The maximum Gasteiger partial charge on any atom is 1.00 e. The van der Waals surface area contributed by atoms with Gasteiger partial charge in [-0.25, -0.2) is 5.26 Å². The average Bonchev–Trinajstić information content (AvgIpc) is 2.06. The van der Waals surface area contributed by atoms with Crippen LogP contribution in [0.15, 0.2) is 24.3 Å². The van der Waals surface area contributed by atoms with E-state index in [9.17, 15) is 0 Å². The Balaban J connectivity index is 0.00000121. The van der Waals surface area contributed by atoms with E-state index in [1.807, 2.05) is 30.3 Å². The minimum absolute atomic E-state index is 0. The summed E-state index contributed by atoms with van der Waals surface area (Å²) in [7, 11) is 1.60. The molecule has 0 saturated heterocycles. The minimum Gasteiger partial charge on any atom is -0.510 e. The molecule has 0 aliphatic rings. The van der Waals surface area contributed by atoms with Crippen molar-refractivity contribution in [2.45, 2.75) is 0 Å². The van der Waals surface area contributed by atoms with Gasteiger partial charge in [-0.1, -0.05) is 6.42 Å². The van der Waals surface area contributed by atoms with E-state index < -0.39 is 0 Å². The quantitative estimate of drug-likeness (QED) is 0.394. The summed E-state index contributed by atoms with van der Waals surface area (Å²) in [5.41, 5.74) is 0.867. The Morgan fingerprint density at radius 2 is 2.25 bits per heavy atom. The first-order valence-electron chi connectivity index (χ1n) is 3.23. The third-order valence-corrected chi connectivity index (χ3v) is 1.33. The smallest absolute Gasteiger partial charge is 0.510 e. The summed E-state index contributed by atoms with van der Waals surface area (Å²) < 4.78 is 4.97. The normalized spacial score (nSPS) is 7.67. The molecule has 1 rings (SSSR count). The molecule has 1 aromatic rings. The molecule has 0 saturated carbocycles. The van der Waals surface area contributed by atoms with Crippen molar-refractivity contribution in [3.63, 3.8) is 0 Å². The Bertz CT molecular complexity index is 280. The Morgan fingerprint density at radius 1 is 1.50 bits per heavy atom. The average molecular weight is 153 g/mol. The van der Waals surface area contributed by atoms with E-state index in [-0.39, 0.29) is 18.9 Å². The van der Waals surface area contributed by atoms with E-state index >= 15 is 0 Å². The van der Waals surface area contributed by atoms with Crippen molar-refractivity contribution < 1.29 is 23.6 Å². The molecule has 0 N–H and O–H groups in total. The number of rotatable bonds is 2. The Morgan fingerprint density at radius 3 is 2.83 bits per heavy atom. The van der Waals surface area contributed by atoms with E-state index in [1.165, 1.54) is 6.42 Å². The molecule has 3 heteroatoms. The predicted molar refractivity (Wildman–Crippen MR) is 42.0 cm³/mol. The largest absolute Gasteiger partial charge is 1.00 e. The number of hydrogen-bond donors (Lipinski definition) is 0. The van der Waals surface area contributed by atoms with Crippen LogP contribution in [-0.4, -0.2) is 7.11 Å². The maximum absolute atomic E-state index is 8.34. The first kappa shape index (κ1) is 11.0. The SMILES string of the molecule is COc1cccc([CH-]C#N)c1.[Li+]. The van der Waals surface area contributed by atoms with Gasteiger partial charge in [0.2, 0.25) is 0 Å². The molecule has 0 fully saturated rings. The fourth-order valence-electron chi connectivity index (χ4n) is 0.806. The second-order valence-electron chi connectivity index (χ2n) is 2.05. The van der Waals surface area contributed by atoms with Crippen molar-refractivity contribution >= 4 is 0 Å². The molecule has 0 aromatic heterocycles. The minimum atomic E-state index is 0. The van der Waals surface area contributed by atoms with E-state index in [4.69, 9.17) is 10.00 Å². The maximum atomic E-state index is 8.34. The van der Waals surface area contributed by atoms with Gasteiger partial charge in [0.1, 0.15) is 0 Å². The standard InChI is InChI=1S/C9H8NO.Li/c1-11-9-4-2-3-8(7-9)5-6-10;/h2-5,7H,1H3;/q-1;+1. The fourth-order valence-corrected chi connectivity index (χ4v) is 0.806. The molecule has 2 nitrogen and oxygen atoms in total. The van der Waals surface area contributed by atoms with Crippen LogP contribution in [0.2, 0.25) is 0 Å². The topological polar surface area (TPSA) is 33.0 Å². The number of methoxy groups -OCH3 is 1. The van der Waals surface area contributed by atoms with Crippen molar-refractivity contribution in [1.29, 1.82) is 5.26 Å². The molecular weight excluding hydrogens is 145 g/mol. The number of nitriles is 1. The summed E-state index contributed by atoms with van der Waals surface area (Å²) in [6.45, 7) is 0. The van der Waals surface area contributed by atoms with Gasteiger partial charge < -0.3 is 4.74 Å². The molecule has 0 atom stereocenters. The van der Waals surface area contributed by atoms with Crippen LogP contribution in [0.4, 0.5) is 0 Å². The molecule has 0 bridgehead atoms. The van der Waals surface area contributed by atoms with Crippen LogP contribution in [0, 0.1) is 17.8 Å². The van der Waals surface area contributed by atoms with Gasteiger partial charge in [-0.3, -0.25) is 0 Å². The number of ether oxygens (including phenoxy) is 1. The van der Waals surface area contributed by atoms with Crippen molar-refractivity contribution in [3.8, 4) is 11.8 Å². The summed E-state index contributed by atoms with van der Waals surface area (Å²) in [6.07, 6.45) is 1.47. The molecule has 0 spiro atoms. The second-order valence-corrected chi connectivity index (χ2v) is 2.05. The molecule has 12 heavy (non-hydrogen) atoms. The Labute approximate surface area is 84.3 Å². The van der Waals surface area contributed by atoms with Gasteiger partial charge in [-0.05, 0) is 6.07 Å². The first-order chi connectivity index (χ1) is 5.36. The molecule has 0 unspecified atom stereocenters. The summed E-state index contributed by atoms with van der Waals surface area (Å²) in [4.78, 5) is 0. The monoisotopic (exact) mass is 153 g/mol. The van der Waals surface area contributed by atoms with E-state index in [2.05, 4.69) is 0 Å². The molecule has 0 radical (unpaired) electrons. The number of hydrogen-bond acceptors (Lipinski definition) is 2. The fraction of sp³-hybridized carbons (Fsp3) is 0.111. The van der Waals surface area contributed by atoms with Crippen LogP contribution in [0.5, 0.6) is 5.75 Å². The van der Waals surface area contributed by atoms with Crippen LogP contribution in [0.25, 0.3) is 0 Å². The first-order valence-corrected chi connectivity index (χ1v) is 3.23. The van der Waals surface area contributed by atoms with Crippen LogP contribution >= 0.6 is 0 Å². The summed E-state index contributed by atoms with van der Waals surface area (Å²) in [5.74, 6) is 0.772. The van der Waals surface area contributed by atoms with Crippen LogP contribution < -0.4 is 23.6 Å². The van der Waals surface area contributed by atoms with Gasteiger partial charge in [-0.2, -0.15) is 11.6 Å². The van der Waals surface area contributed by atoms with Gasteiger partial charge >= 0.3 is 18.9 Å². The zero-order valence-corrected chi connectivity index (χ0v) is 7.24. The van der Waals surface area contributed by atoms with E-state index in [1.54, 1.807) is 7.11 Å². The van der Waals surface area contributed by atoms with Crippen LogP contribution in [0.1, 0.15) is 5.56 Å². The third kappa shape index (κ3) is 2.92. The van der Waals surface area contributed by atoms with Gasteiger partial charge in [0.05, 0.1) is 12.9 Å². The van der Waals surface area contributed by atoms with Crippen molar-refractivity contribution in [2.75, 3.05) is 7.11 Å². The molecule has 0 heterocycles. The molecule has 0 amide bonds. The second kappa shape index (κ2) is 5.61. The van der Waals surface area contributed by atoms with Gasteiger partial charge in [0.25, 0.3) is 0 Å². The van der Waals surface area contributed by atoms with E-state index in [0.29, 0.717) is 0 Å². The Kier molecular flexibility index (Phi) is 5.13. The number of benzene rings is 1. The molecular formula is C9H8LiNO. The zero-order valence-electron chi connectivity index (χ0n) is 7.24. The summed E-state index contributed by atoms with van der Waals surface area (Å²) in [5, 5.41) is 8.34. The molecule has 0 aliphatic carbocycles. The third-order valence-electron chi connectivity index (χ3n) is 1.33. The summed E-state index contributed by atoms with van der Waals surface area (Å²) in [6, 6.07) is 9.31. The van der Waals surface area contributed by atoms with Crippen molar-refractivity contribution in [3.05, 3.63) is 36.2 Å². The van der Waals surface area contributed by atoms with Crippen LogP contribution in [-0.2, 0) is 0 Å². The molecule has 0 aliphatic heterocycles. The number of nitrogens with zero attached hydrogens (tertiary/aromatic N) is 1. The van der Waals surface area contributed by atoms with Crippen molar-refractivity contribution in [1.82, 2.24) is 0 Å². The molecule has 1 aromatic carbocycles. The van der Waals surface area contributed by atoms with E-state index in [0.717, 1.165) is 11.3 Å². The summed E-state index contributed by atoms with van der Waals surface area (Å²) >= 11 is 0. The Hall–Kier alpha value is -1.02.